The zero-order chi connectivity index (χ0) is 22.7. The Morgan fingerprint density at radius 2 is 1.97 bits per heavy atom. The van der Waals surface area contributed by atoms with Crippen molar-refractivity contribution in [3.8, 4) is 5.75 Å². The number of carbonyl (C=O) groups excluding carboxylic acids is 2. The molecule has 164 valence electrons. The highest BCUT2D eigenvalue weighted by Gasteiger charge is 2.34. The number of aromatic nitrogens is 2. The van der Waals surface area contributed by atoms with Crippen LogP contribution in [0.4, 0.5) is 15.9 Å². The number of ether oxygens (including phenoxy) is 1. The predicted molar refractivity (Wildman–Crippen MR) is 118 cm³/mol. The molecule has 1 aliphatic heterocycles. The van der Waals surface area contributed by atoms with Gasteiger partial charge in [0.1, 0.15) is 17.4 Å². The van der Waals surface area contributed by atoms with Gasteiger partial charge in [0.15, 0.2) is 5.16 Å². The second kappa shape index (κ2) is 9.23. The molecule has 10 heteroatoms. The molecule has 2 amide bonds. The van der Waals surface area contributed by atoms with Crippen molar-refractivity contribution in [2.24, 2.45) is 0 Å². The smallest absolute Gasteiger partial charge is 0.257 e. The van der Waals surface area contributed by atoms with Gasteiger partial charge >= 0.3 is 0 Å². The maximum Gasteiger partial charge on any atom is 0.257 e. The normalized spacial score (nSPS) is 14.9. The van der Waals surface area contributed by atoms with E-state index in [1.54, 1.807) is 42.5 Å². The summed E-state index contributed by atoms with van der Waals surface area (Å²) in [5, 5.41) is 5.49. The third-order valence-corrected chi connectivity index (χ3v) is 5.85. The van der Waals surface area contributed by atoms with Crippen LogP contribution in [0.3, 0.4) is 0 Å². The molecule has 1 atom stereocenters. The van der Waals surface area contributed by atoms with E-state index >= 15 is 0 Å². The fraction of sp³-hybridized carbons (Fsp3) is 0.182. The summed E-state index contributed by atoms with van der Waals surface area (Å²) in [4.78, 5) is 44.8. The molecule has 0 fully saturated rings. The van der Waals surface area contributed by atoms with E-state index in [4.69, 9.17) is 4.74 Å². The lowest BCUT2D eigenvalue weighted by Crippen LogP contribution is -2.36. The summed E-state index contributed by atoms with van der Waals surface area (Å²) >= 11 is 1.12. The Morgan fingerprint density at radius 1 is 1.22 bits per heavy atom. The summed E-state index contributed by atoms with van der Waals surface area (Å²) in [5.74, 6) is -1.36. The predicted octanol–water partition coefficient (Wildman–Crippen LogP) is 3.27. The van der Waals surface area contributed by atoms with Gasteiger partial charge in [-0.2, -0.15) is 0 Å². The number of aromatic amines is 1. The number of nitrogens with zero attached hydrogens (tertiary/aromatic N) is 1. The van der Waals surface area contributed by atoms with E-state index < -0.39 is 23.3 Å². The molecule has 0 saturated heterocycles. The number of amides is 2. The van der Waals surface area contributed by atoms with Crippen LogP contribution >= 0.6 is 11.8 Å². The Hall–Kier alpha value is -3.66. The quantitative estimate of drug-likeness (QED) is 0.389. The van der Waals surface area contributed by atoms with Crippen LogP contribution in [0.1, 0.15) is 23.5 Å². The molecule has 32 heavy (non-hydrogen) atoms. The standard InChI is InChI=1S/C22H19FN4O4S/c1-31-14-8-6-13(7-9-14)24-20(29)15-10-17(28)25-19-18(15)21(30)27-22(26-19)32-11-12-4-2-3-5-16(12)23/h2-9,15H,10-11H2,1H3,(H,24,29)(H2,25,26,27,28,30). The molecular formula is C22H19FN4O4S. The summed E-state index contributed by atoms with van der Waals surface area (Å²) in [6, 6.07) is 13.0. The number of rotatable bonds is 6. The van der Waals surface area contributed by atoms with Crippen LogP contribution in [-0.2, 0) is 15.3 Å². The molecule has 1 unspecified atom stereocenters. The second-order valence-electron chi connectivity index (χ2n) is 7.04. The molecule has 0 radical (unpaired) electrons. The van der Waals surface area contributed by atoms with Gasteiger partial charge in [-0.3, -0.25) is 14.4 Å². The molecule has 0 spiro atoms. The van der Waals surface area contributed by atoms with E-state index in [1.807, 2.05) is 0 Å². The summed E-state index contributed by atoms with van der Waals surface area (Å²) in [7, 11) is 1.54. The van der Waals surface area contributed by atoms with Gasteiger partial charge in [-0.05, 0) is 35.9 Å². The van der Waals surface area contributed by atoms with Gasteiger partial charge in [0.05, 0.1) is 18.6 Å². The number of anilines is 2. The van der Waals surface area contributed by atoms with Gasteiger partial charge in [-0.15, -0.1) is 0 Å². The lowest BCUT2D eigenvalue weighted by Gasteiger charge is -2.23. The van der Waals surface area contributed by atoms with Gasteiger partial charge in [0, 0.05) is 17.9 Å². The van der Waals surface area contributed by atoms with Crippen LogP contribution in [-0.4, -0.2) is 28.9 Å². The van der Waals surface area contributed by atoms with Crippen molar-refractivity contribution in [1.82, 2.24) is 9.97 Å². The fourth-order valence-electron chi connectivity index (χ4n) is 3.31. The molecular weight excluding hydrogens is 435 g/mol. The average Bonchev–Trinajstić information content (AvgIpc) is 2.78. The summed E-state index contributed by atoms with van der Waals surface area (Å²) in [6.45, 7) is 0. The first kappa shape index (κ1) is 21.6. The number of benzene rings is 2. The molecule has 2 heterocycles. The summed E-state index contributed by atoms with van der Waals surface area (Å²) < 4.78 is 18.9. The zero-order valence-electron chi connectivity index (χ0n) is 17.0. The van der Waals surface area contributed by atoms with Crippen molar-refractivity contribution >= 4 is 35.1 Å². The maximum atomic E-state index is 13.8. The molecule has 2 aromatic carbocycles. The van der Waals surface area contributed by atoms with E-state index in [9.17, 15) is 18.8 Å². The molecule has 0 saturated carbocycles. The third-order valence-electron chi connectivity index (χ3n) is 4.93. The van der Waals surface area contributed by atoms with Crippen molar-refractivity contribution < 1.29 is 18.7 Å². The molecule has 1 aromatic heterocycles. The van der Waals surface area contributed by atoms with Crippen LogP contribution in [0.25, 0.3) is 0 Å². The molecule has 8 nitrogen and oxygen atoms in total. The van der Waals surface area contributed by atoms with Crippen molar-refractivity contribution in [2.45, 2.75) is 23.2 Å². The number of carbonyl (C=O) groups is 2. The van der Waals surface area contributed by atoms with Crippen molar-refractivity contribution in [3.63, 3.8) is 0 Å². The Balaban J connectivity index is 1.56. The van der Waals surface area contributed by atoms with Gasteiger partial charge in [0.2, 0.25) is 11.8 Å². The molecule has 1 aliphatic rings. The van der Waals surface area contributed by atoms with E-state index in [0.29, 0.717) is 17.0 Å². The fourth-order valence-corrected chi connectivity index (χ4v) is 4.16. The SMILES string of the molecule is COc1ccc(NC(=O)C2CC(=O)Nc3nc(SCc4ccccc4F)[nH]c(=O)c32)cc1. The summed E-state index contributed by atoms with van der Waals surface area (Å²) in [6.07, 6.45) is -0.179. The molecule has 0 aliphatic carbocycles. The van der Waals surface area contributed by atoms with Gasteiger partial charge in [-0.25, -0.2) is 9.37 Å². The largest absolute Gasteiger partial charge is 0.497 e. The first-order chi connectivity index (χ1) is 15.4. The van der Waals surface area contributed by atoms with E-state index in [1.165, 1.54) is 13.2 Å². The third kappa shape index (κ3) is 4.65. The minimum atomic E-state index is -0.997. The number of fused-ring (bicyclic) bond motifs is 1. The Bertz CT molecular complexity index is 1230. The van der Waals surface area contributed by atoms with Crippen LogP contribution in [0, 0.1) is 5.82 Å². The van der Waals surface area contributed by atoms with Crippen LogP contribution in [0.15, 0.2) is 58.5 Å². The molecule has 0 bridgehead atoms. The highest BCUT2D eigenvalue weighted by Crippen LogP contribution is 2.31. The molecule has 4 rings (SSSR count). The van der Waals surface area contributed by atoms with Crippen LogP contribution < -0.4 is 20.9 Å². The first-order valence-corrected chi connectivity index (χ1v) is 10.7. The van der Waals surface area contributed by atoms with Crippen molar-refractivity contribution in [1.29, 1.82) is 0 Å². The number of hydrogen-bond acceptors (Lipinski definition) is 6. The number of halogens is 1. The van der Waals surface area contributed by atoms with E-state index in [0.717, 1.165) is 11.8 Å². The molecule has 3 N–H and O–H groups in total. The number of hydrogen-bond donors (Lipinski definition) is 3. The highest BCUT2D eigenvalue weighted by atomic mass is 32.2. The maximum absolute atomic E-state index is 13.8. The monoisotopic (exact) mass is 454 g/mol. The average molecular weight is 454 g/mol. The minimum Gasteiger partial charge on any atom is -0.497 e. The second-order valence-corrected chi connectivity index (χ2v) is 8.00. The zero-order valence-corrected chi connectivity index (χ0v) is 17.8. The van der Waals surface area contributed by atoms with Crippen molar-refractivity contribution in [3.05, 3.63) is 75.8 Å². The number of thioether (sulfide) groups is 1. The minimum absolute atomic E-state index is 0.0379. The Kier molecular flexibility index (Phi) is 6.22. The van der Waals surface area contributed by atoms with E-state index in [-0.39, 0.29) is 34.5 Å². The highest BCUT2D eigenvalue weighted by molar-refractivity contribution is 7.98. The number of H-pyrrole nitrogens is 1. The lowest BCUT2D eigenvalue weighted by molar-refractivity contribution is -0.123. The van der Waals surface area contributed by atoms with Gasteiger partial charge in [-0.1, -0.05) is 30.0 Å². The van der Waals surface area contributed by atoms with Crippen molar-refractivity contribution in [2.75, 3.05) is 17.7 Å². The number of nitrogens with one attached hydrogen (secondary N) is 3. The first-order valence-electron chi connectivity index (χ1n) is 9.70. The number of methoxy groups -OCH3 is 1. The van der Waals surface area contributed by atoms with Crippen LogP contribution in [0.5, 0.6) is 5.75 Å². The Labute approximate surface area is 186 Å². The summed E-state index contributed by atoms with van der Waals surface area (Å²) in [5.41, 5.74) is 0.523. The van der Waals surface area contributed by atoms with E-state index in [2.05, 4.69) is 20.6 Å². The molecule has 3 aromatic rings. The Morgan fingerprint density at radius 3 is 2.69 bits per heavy atom. The van der Waals surface area contributed by atoms with Gasteiger partial charge < -0.3 is 20.4 Å². The van der Waals surface area contributed by atoms with Crippen LogP contribution in [0.2, 0.25) is 0 Å². The lowest BCUT2D eigenvalue weighted by atomic mass is 9.92. The van der Waals surface area contributed by atoms with Gasteiger partial charge in [0.25, 0.3) is 5.56 Å². The topological polar surface area (TPSA) is 113 Å².